The van der Waals surface area contributed by atoms with E-state index in [0.29, 0.717) is 0 Å². The normalized spacial score (nSPS) is 11.3. The van der Waals surface area contributed by atoms with Crippen LogP contribution in [0.1, 0.15) is 25.6 Å². The summed E-state index contributed by atoms with van der Waals surface area (Å²) < 4.78 is 2.02. The lowest BCUT2D eigenvalue weighted by atomic mass is 10.3. The minimum absolute atomic E-state index is 0. The maximum absolute atomic E-state index is 4.31. The van der Waals surface area contributed by atoms with Crippen LogP contribution in [0.5, 0.6) is 0 Å². The molecule has 22 heavy (non-hydrogen) atoms. The van der Waals surface area contributed by atoms with Crippen LogP contribution in [-0.2, 0) is 6.42 Å². The Balaban J connectivity index is 0.00000242. The lowest BCUT2D eigenvalue weighted by Crippen LogP contribution is -2.40. The van der Waals surface area contributed by atoms with Gasteiger partial charge in [-0.1, -0.05) is 19.4 Å². The molecule has 0 radical (unpaired) electrons. The van der Waals surface area contributed by atoms with Crippen LogP contribution in [0.15, 0.2) is 29.4 Å². The summed E-state index contributed by atoms with van der Waals surface area (Å²) in [6.07, 6.45) is 5.16. The Hall–Kier alpha value is -1.38. The van der Waals surface area contributed by atoms with Gasteiger partial charge in [-0.05, 0) is 18.6 Å². The number of pyridine rings is 1. The largest absolute Gasteiger partial charge is 0.356 e. The van der Waals surface area contributed by atoms with Gasteiger partial charge in [0.05, 0.1) is 0 Å². The highest BCUT2D eigenvalue weighted by atomic mass is 127. The fraction of sp³-hybridized carbons (Fsp3) is 0.533. The molecule has 0 atom stereocenters. The third kappa shape index (κ3) is 4.82. The van der Waals surface area contributed by atoms with Crippen molar-refractivity contribution in [3.8, 4) is 0 Å². The van der Waals surface area contributed by atoms with Crippen LogP contribution < -0.4 is 5.32 Å². The van der Waals surface area contributed by atoms with Crippen LogP contribution in [0.4, 0.5) is 0 Å². The molecule has 0 spiro atoms. The summed E-state index contributed by atoms with van der Waals surface area (Å²) in [6.45, 7) is 4.00. The van der Waals surface area contributed by atoms with E-state index in [1.54, 1.807) is 0 Å². The van der Waals surface area contributed by atoms with Crippen molar-refractivity contribution in [2.24, 2.45) is 4.99 Å². The van der Waals surface area contributed by atoms with E-state index in [1.165, 1.54) is 12.8 Å². The predicted octanol–water partition coefficient (Wildman–Crippen LogP) is 2.20. The first-order valence-electron chi connectivity index (χ1n) is 7.46. The Morgan fingerprint density at radius 3 is 2.91 bits per heavy atom. The zero-order valence-corrected chi connectivity index (χ0v) is 15.8. The van der Waals surface area contributed by atoms with Gasteiger partial charge < -0.3 is 10.2 Å². The number of nitrogens with one attached hydrogen (secondary N) is 1. The zero-order valence-electron chi connectivity index (χ0n) is 13.5. The second-order valence-corrected chi connectivity index (χ2v) is 5.04. The van der Waals surface area contributed by atoms with Gasteiger partial charge in [0.1, 0.15) is 5.82 Å². The fourth-order valence-electron chi connectivity index (χ4n) is 2.23. The summed E-state index contributed by atoms with van der Waals surface area (Å²) in [7, 11) is 3.88. The van der Waals surface area contributed by atoms with Gasteiger partial charge in [-0.2, -0.15) is 0 Å². The Morgan fingerprint density at radius 2 is 2.18 bits per heavy atom. The topological polar surface area (TPSA) is 57.8 Å². The fourth-order valence-corrected chi connectivity index (χ4v) is 2.23. The average Bonchev–Trinajstić information content (AvgIpc) is 2.92. The molecule has 0 saturated heterocycles. The minimum atomic E-state index is 0. The van der Waals surface area contributed by atoms with Crippen LogP contribution in [0.3, 0.4) is 0 Å². The van der Waals surface area contributed by atoms with Gasteiger partial charge in [0, 0.05) is 39.8 Å². The van der Waals surface area contributed by atoms with Gasteiger partial charge in [0.25, 0.3) is 0 Å². The van der Waals surface area contributed by atoms with Gasteiger partial charge in [0.2, 0.25) is 0 Å². The first-order valence-corrected chi connectivity index (χ1v) is 7.46. The monoisotopic (exact) mass is 416 g/mol. The highest BCUT2D eigenvalue weighted by Crippen LogP contribution is 2.03. The first kappa shape index (κ1) is 18.7. The quantitative estimate of drug-likeness (QED) is 0.446. The van der Waals surface area contributed by atoms with Gasteiger partial charge in [0.15, 0.2) is 11.6 Å². The van der Waals surface area contributed by atoms with Gasteiger partial charge in [-0.25, -0.2) is 0 Å². The summed E-state index contributed by atoms with van der Waals surface area (Å²) in [6, 6.07) is 5.92. The van der Waals surface area contributed by atoms with E-state index in [0.717, 1.165) is 36.9 Å². The van der Waals surface area contributed by atoms with Crippen molar-refractivity contribution >= 4 is 35.6 Å². The molecule has 2 aromatic heterocycles. The molecule has 0 aliphatic rings. The van der Waals surface area contributed by atoms with Gasteiger partial charge >= 0.3 is 0 Å². The van der Waals surface area contributed by atoms with Crippen LogP contribution in [-0.4, -0.2) is 52.6 Å². The zero-order chi connectivity index (χ0) is 15.1. The number of hydrogen-bond donors (Lipinski definition) is 1. The highest BCUT2D eigenvalue weighted by molar-refractivity contribution is 14.0. The number of guanidine groups is 1. The van der Waals surface area contributed by atoms with Crippen LogP contribution in [0.25, 0.3) is 5.65 Å². The summed E-state index contributed by atoms with van der Waals surface area (Å²) in [5.74, 6) is 1.89. The van der Waals surface area contributed by atoms with Crippen LogP contribution >= 0.6 is 24.0 Å². The summed E-state index contributed by atoms with van der Waals surface area (Å²) in [5.41, 5.74) is 0.886. The number of aliphatic imine (C=N–C) groups is 1. The Bertz CT molecular complexity index is 594. The van der Waals surface area contributed by atoms with E-state index in [-0.39, 0.29) is 24.0 Å². The Kier molecular flexibility index (Phi) is 8.15. The maximum atomic E-state index is 4.31. The molecule has 0 aliphatic carbocycles. The van der Waals surface area contributed by atoms with Crippen molar-refractivity contribution in [3.05, 3.63) is 30.2 Å². The van der Waals surface area contributed by atoms with Crippen molar-refractivity contribution in [2.45, 2.75) is 26.2 Å². The number of fused-ring (bicyclic) bond motifs is 1. The Morgan fingerprint density at radius 1 is 1.36 bits per heavy atom. The molecule has 0 unspecified atom stereocenters. The van der Waals surface area contributed by atoms with E-state index >= 15 is 0 Å². The van der Waals surface area contributed by atoms with E-state index in [4.69, 9.17) is 0 Å². The van der Waals surface area contributed by atoms with Crippen molar-refractivity contribution in [1.29, 1.82) is 0 Å². The standard InChI is InChI=1S/C15H24N6.HI/c1-4-5-11-20(3)15(16-2)17-10-9-14-19-18-13-8-6-7-12-21(13)14;/h6-8,12H,4-5,9-11H2,1-3H3,(H,16,17);1H. The molecule has 0 aliphatic heterocycles. The SMILES string of the molecule is CCCCN(C)C(=NC)NCCc1nnc2ccccn12.I. The molecule has 122 valence electrons. The van der Waals surface area contributed by atoms with Gasteiger partial charge in [-0.3, -0.25) is 9.39 Å². The predicted molar refractivity (Wildman–Crippen MR) is 101 cm³/mol. The second-order valence-electron chi connectivity index (χ2n) is 5.04. The van der Waals surface area contributed by atoms with E-state index < -0.39 is 0 Å². The molecule has 2 heterocycles. The summed E-state index contributed by atoms with van der Waals surface area (Å²) in [4.78, 5) is 6.47. The van der Waals surface area contributed by atoms with Crippen LogP contribution in [0, 0.1) is 0 Å². The first-order chi connectivity index (χ1) is 10.3. The smallest absolute Gasteiger partial charge is 0.193 e. The Labute approximate surface area is 149 Å². The molecule has 7 heteroatoms. The number of rotatable bonds is 6. The maximum Gasteiger partial charge on any atom is 0.193 e. The second kappa shape index (κ2) is 9.60. The van der Waals surface area contributed by atoms with Crippen molar-refractivity contribution in [2.75, 3.05) is 27.2 Å². The molecule has 2 aromatic rings. The van der Waals surface area contributed by atoms with Crippen molar-refractivity contribution in [3.63, 3.8) is 0 Å². The van der Waals surface area contributed by atoms with E-state index in [1.807, 2.05) is 35.8 Å². The lowest BCUT2D eigenvalue weighted by Gasteiger charge is -2.21. The highest BCUT2D eigenvalue weighted by Gasteiger charge is 2.07. The number of halogens is 1. The average molecular weight is 416 g/mol. The molecule has 0 saturated carbocycles. The van der Waals surface area contributed by atoms with Crippen LogP contribution in [0.2, 0.25) is 0 Å². The molecule has 0 amide bonds. The molecule has 0 fully saturated rings. The van der Waals surface area contributed by atoms with Crippen molar-refractivity contribution in [1.82, 2.24) is 24.8 Å². The lowest BCUT2D eigenvalue weighted by molar-refractivity contribution is 0.465. The summed E-state index contributed by atoms with van der Waals surface area (Å²) in [5, 5.41) is 11.8. The third-order valence-electron chi connectivity index (χ3n) is 3.44. The molecule has 6 nitrogen and oxygen atoms in total. The van der Waals surface area contributed by atoms with E-state index in [9.17, 15) is 0 Å². The number of aromatic nitrogens is 3. The molecule has 0 aromatic carbocycles. The molecular formula is C15H25IN6. The van der Waals surface area contributed by atoms with E-state index in [2.05, 4.69) is 39.4 Å². The van der Waals surface area contributed by atoms with Gasteiger partial charge in [-0.15, -0.1) is 34.2 Å². The minimum Gasteiger partial charge on any atom is -0.356 e. The number of unbranched alkanes of at least 4 members (excludes halogenated alkanes) is 1. The molecule has 0 bridgehead atoms. The number of hydrogen-bond acceptors (Lipinski definition) is 3. The van der Waals surface area contributed by atoms with Crippen molar-refractivity contribution < 1.29 is 0 Å². The number of nitrogens with zero attached hydrogens (tertiary/aromatic N) is 5. The molecule has 2 rings (SSSR count). The molecular weight excluding hydrogens is 391 g/mol. The molecule has 1 N–H and O–H groups in total. The summed E-state index contributed by atoms with van der Waals surface area (Å²) >= 11 is 0. The third-order valence-corrected chi connectivity index (χ3v) is 3.44.